The van der Waals surface area contributed by atoms with Crippen LogP contribution in [0.25, 0.3) is 0 Å². The molecule has 0 aromatic rings. The zero-order valence-electron chi connectivity index (χ0n) is 26.6. The highest BCUT2D eigenvalue weighted by molar-refractivity contribution is 7.99. The molecule has 0 aliphatic heterocycles. The van der Waals surface area contributed by atoms with Crippen molar-refractivity contribution >= 4 is 11.8 Å². The summed E-state index contributed by atoms with van der Waals surface area (Å²) < 4.78 is 506. The lowest BCUT2D eigenvalue weighted by Crippen LogP contribution is -2.75. The number of halogens is 38. The summed E-state index contributed by atoms with van der Waals surface area (Å²) in [4.78, 5) is 0. The highest BCUT2D eigenvalue weighted by atomic mass is 32.2. The monoisotopic (exact) mass is 1030 g/mol. The van der Waals surface area contributed by atoms with Crippen LogP contribution in [0.5, 0.6) is 0 Å². The average Bonchev–Trinajstić information content (AvgIpc) is 3.01. The van der Waals surface area contributed by atoms with Crippen LogP contribution in [-0.4, -0.2) is 119 Å². The van der Waals surface area contributed by atoms with Crippen LogP contribution in [0.3, 0.4) is 0 Å². The Labute approximate surface area is 311 Å². The summed E-state index contributed by atoms with van der Waals surface area (Å²) in [6, 6.07) is 0. The van der Waals surface area contributed by atoms with Crippen LogP contribution in [0.1, 0.15) is 12.8 Å². The van der Waals surface area contributed by atoms with Crippen LogP contribution in [0.4, 0.5) is 167 Å². The van der Waals surface area contributed by atoms with E-state index in [2.05, 4.69) is 0 Å². The Bertz CT molecular complexity index is 1410. The molecule has 0 bridgehead atoms. The maximum Gasteiger partial charge on any atom is 0.460 e. The number of thioether (sulfide) groups is 1. The van der Waals surface area contributed by atoms with Crippen LogP contribution in [0.15, 0.2) is 0 Å². The molecule has 0 nitrogen and oxygen atoms in total. The van der Waals surface area contributed by atoms with E-state index in [0.717, 1.165) is 0 Å². The molecular weight excluding hydrogens is 1020 g/mol. The van der Waals surface area contributed by atoms with Crippen molar-refractivity contribution in [2.75, 3.05) is 11.5 Å². The van der Waals surface area contributed by atoms with Gasteiger partial charge in [-0.2, -0.15) is 179 Å². The van der Waals surface area contributed by atoms with Crippen molar-refractivity contribution in [3.8, 4) is 0 Å². The third-order valence-electron chi connectivity index (χ3n) is 7.48. The summed E-state index contributed by atoms with van der Waals surface area (Å²) in [5.74, 6) is -147. The Balaban J connectivity index is 6.54. The molecule has 39 heteroatoms. The number of hydrogen-bond acceptors (Lipinski definition) is 1. The van der Waals surface area contributed by atoms with Crippen LogP contribution in [0.2, 0.25) is 0 Å². The molecule has 0 aromatic carbocycles. The lowest BCUT2D eigenvalue weighted by molar-refractivity contribution is -0.468. The third-order valence-corrected chi connectivity index (χ3v) is 8.47. The van der Waals surface area contributed by atoms with Crippen molar-refractivity contribution in [3.63, 3.8) is 0 Å². The van der Waals surface area contributed by atoms with Gasteiger partial charge in [0.15, 0.2) is 0 Å². The van der Waals surface area contributed by atoms with Gasteiger partial charge in [-0.15, -0.1) is 0 Å². The highest BCUT2D eigenvalue weighted by Gasteiger charge is 2.98. The van der Waals surface area contributed by atoms with Gasteiger partial charge in [-0.3, -0.25) is 0 Å². The largest absolute Gasteiger partial charge is 0.460 e. The normalized spacial score (nSPS) is 17.0. The lowest BCUT2D eigenvalue weighted by atomic mass is 9.87. The summed E-state index contributed by atoms with van der Waals surface area (Å²) in [5, 5.41) is 0. The van der Waals surface area contributed by atoms with E-state index >= 15 is 0 Å². The van der Waals surface area contributed by atoms with Crippen molar-refractivity contribution in [1.29, 1.82) is 0 Å². The van der Waals surface area contributed by atoms with Crippen molar-refractivity contribution in [3.05, 3.63) is 0 Å². The molecule has 0 radical (unpaired) electrons. The third kappa shape index (κ3) is 7.78. The molecule has 0 aromatic heterocycles. The molecule has 61 heavy (non-hydrogen) atoms. The van der Waals surface area contributed by atoms with Gasteiger partial charge in [0.2, 0.25) is 0 Å². The zero-order valence-corrected chi connectivity index (χ0v) is 27.4. The maximum atomic E-state index is 13.9. The van der Waals surface area contributed by atoms with E-state index in [1.54, 1.807) is 0 Å². The molecule has 0 amide bonds. The first-order valence-electron chi connectivity index (χ1n) is 13.5. The molecule has 0 N–H and O–H groups in total. The molecule has 0 fully saturated rings. The average molecular weight is 1030 g/mol. The minimum Gasteiger partial charge on any atom is -0.200 e. The standard InChI is InChI=1S/C22H8F38S/c23-5(24,7(27,28)9(31,32)11(35,36)13(39,40)15(43,44)17(47,48)19(51,52)21(55,56)57)1-3-61-4-2-6(25,26)8(29,30)10(33,34)12(37,38)14(41,42)16(45,46)18(49,50)20(53,54)22(58,59)60/h1-4H2. The fourth-order valence-corrected chi connectivity index (χ4v) is 4.61. The molecule has 0 unspecified atom stereocenters. The Morgan fingerprint density at radius 3 is 0.459 bits per heavy atom. The highest BCUT2D eigenvalue weighted by Crippen LogP contribution is 2.67. The molecule has 0 heterocycles. The summed E-state index contributed by atoms with van der Waals surface area (Å²) in [5.41, 5.74) is 0. The Hall–Kier alpha value is -2.31. The molecule has 0 spiro atoms. The molecule has 368 valence electrons. The lowest BCUT2D eigenvalue weighted by Gasteiger charge is -2.44. The predicted octanol–water partition coefficient (Wildman–Crippen LogP) is 13.8. The summed E-state index contributed by atoms with van der Waals surface area (Å²) >= 11 is -1.39. The second-order valence-electron chi connectivity index (χ2n) is 11.6. The van der Waals surface area contributed by atoms with E-state index in [4.69, 9.17) is 0 Å². The van der Waals surface area contributed by atoms with Gasteiger partial charge < -0.3 is 0 Å². The van der Waals surface area contributed by atoms with Gasteiger partial charge in [-0.1, -0.05) is 0 Å². The molecule has 0 aliphatic carbocycles. The van der Waals surface area contributed by atoms with Crippen molar-refractivity contribution in [1.82, 2.24) is 0 Å². The van der Waals surface area contributed by atoms with Gasteiger partial charge in [0.05, 0.1) is 0 Å². The van der Waals surface area contributed by atoms with Gasteiger partial charge in [0.25, 0.3) is 0 Å². The fourth-order valence-electron chi connectivity index (χ4n) is 3.60. The summed E-state index contributed by atoms with van der Waals surface area (Å²) in [6.45, 7) is 0. The Kier molecular flexibility index (Phi) is 14.6. The fraction of sp³-hybridized carbons (Fsp3) is 1.00. The van der Waals surface area contributed by atoms with Gasteiger partial charge >= 0.3 is 107 Å². The molecule has 0 rings (SSSR count). The Morgan fingerprint density at radius 2 is 0.311 bits per heavy atom. The van der Waals surface area contributed by atoms with Gasteiger partial charge in [-0.25, -0.2) is 0 Å². The van der Waals surface area contributed by atoms with E-state index in [-0.39, 0.29) is 0 Å². The topological polar surface area (TPSA) is 0 Å². The zero-order chi connectivity index (χ0) is 50.5. The maximum absolute atomic E-state index is 13.9. The minimum atomic E-state index is -9.39. The first kappa shape index (κ1) is 58.7. The first-order chi connectivity index (χ1) is 25.7. The minimum absolute atomic E-state index is 1.39. The van der Waals surface area contributed by atoms with E-state index in [0.29, 0.717) is 0 Å². The number of alkyl halides is 38. The van der Waals surface area contributed by atoms with Crippen LogP contribution < -0.4 is 0 Å². The van der Waals surface area contributed by atoms with Crippen molar-refractivity contribution in [2.24, 2.45) is 0 Å². The van der Waals surface area contributed by atoms with E-state index in [9.17, 15) is 167 Å². The van der Waals surface area contributed by atoms with Crippen LogP contribution in [0, 0.1) is 0 Å². The van der Waals surface area contributed by atoms with Crippen LogP contribution >= 0.6 is 11.8 Å². The van der Waals surface area contributed by atoms with E-state index in [1.165, 1.54) is 0 Å². The molecule has 0 saturated heterocycles. The molecular formula is C22H8F38S. The van der Waals surface area contributed by atoms with Crippen molar-refractivity contribution < 1.29 is 167 Å². The molecule has 0 aliphatic rings. The SMILES string of the molecule is FC(F)(F)C(F)(F)C(F)(F)C(F)(F)C(F)(F)C(F)(F)C(F)(F)C(F)(F)C(F)(F)CCSCCC(F)(F)C(F)(F)C(F)(F)C(F)(F)C(F)(F)C(F)(F)C(F)(F)C(F)(F)C(F)(F)F. The number of hydrogen-bond donors (Lipinski definition) is 0. The molecule has 0 saturated carbocycles. The summed E-state index contributed by atoms with van der Waals surface area (Å²) in [7, 11) is 0. The van der Waals surface area contributed by atoms with E-state index in [1.807, 2.05) is 0 Å². The smallest absolute Gasteiger partial charge is 0.200 e. The quantitative estimate of drug-likeness (QED) is 0.0865. The van der Waals surface area contributed by atoms with E-state index < -0.39 is 143 Å². The van der Waals surface area contributed by atoms with Crippen LogP contribution in [-0.2, 0) is 0 Å². The van der Waals surface area contributed by atoms with Gasteiger partial charge in [0.1, 0.15) is 0 Å². The second kappa shape index (κ2) is 15.1. The Morgan fingerprint density at radius 1 is 0.180 bits per heavy atom. The predicted molar refractivity (Wildman–Crippen MR) is 118 cm³/mol. The second-order valence-corrected chi connectivity index (χ2v) is 12.8. The number of rotatable bonds is 20. The molecule has 0 atom stereocenters. The first-order valence-corrected chi connectivity index (χ1v) is 14.6. The van der Waals surface area contributed by atoms with Gasteiger partial charge in [0, 0.05) is 12.8 Å². The van der Waals surface area contributed by atoms with Crippen molar-refractivity contribution in [2.45, 2.75) is 120 Å². The van der Waals surface area contributed by atoms with Gasteiger partial charge in [-0.05, 0) is 11.5 Å². The summed E-state index contributed by atoms with van der Waals surface area (Å²) in [6.07, 6.45) is -23.6.